The third-order valence-corrected chi connectivity index (χ3v) is 5.51. The van der Waals surface area contributed by atoms with E-state index in [0.29, 0.717) is 18.5 Å². The van der Waals surface area contributed by atoms with E-state index in [9.17, 15) is 18.5 Å². The first-order chi connectivity index (χ1) is 9.36. The molecule has 1 atom stereocenters. The molecule has 1 saturated heterocycles. The molecule has 1 aliphatic heterocycles. The fourth-order valence-corrected chi connectivity index (χ4v) is 4.06. The minimum absolute atomic E-state index is 0.0368. The van der Waals surface area contributed by atoms with E-state index in [2.05, 4.69) is 0 Å². The zero-order valence-corrected chi connectivity index (χ0v) is 11.8. The van der Waals surface area contributed by atoms with Crippen LogP contribution in [0.3, 0.4) is 0 Å². The Morgan fingerprint density at radius 3 is 2.75 bits per heavy atom. The highest BCUT2D eigenvalue weighted by Gasteiger charge is 2.33. The molecule has 1 fully saturated rings. The van der Waals surface area contributed by atoms with Gasteiger partial charge in [-0.05, 0) is 24.8 Å². The minimum atomic E-state index is -3.75. The third kappa shape index (κ3) is 2.67. The Morgan fingerprint density at radius 2 is 2.20 bits per heavy atom. The largest absolute Gasteiger partial charge is 0.396 e. The van der Waals surface area contributed by atoms with Crippen LogP contribution in [0.25, 0.3) is 0 Å². The lowest BCUT2D eigenvalue weighted by Gasteiger charge is -2.17. The van der Waals surface area contributed by atoms with Crippen LogP contribution in [-0.2, 0) is 10.0 Å². The van der Waals surface area contributed by atoms with Gasteiger partial charge in [-0.1, -0.05) is 6.07 Å². The maximum Gasteiger partial charge on any atom is 0.270 e. The van der Waals surface area contributed by atoms with Crippen molar-refractivity contribution >= 4 is 15.7 Å². The van der Waals surface area contributed by atoms with E-state index in [-0.39, 0.29) is 29.7 Å². The summed E-state index contributed by atoms with van der Waals surface area (Å²) in [5, 5.41) is 19.9. The average Bonchev–Trinajstić information content (AvgIpc) is 2.88. The standard InChI is InChI=1S/C12H16N2O5S/c1-9-2-3-11(14(16)17)6-12(9)20(18,19)13-5-4-10(7-13)8-15/h2-3,6,10,15H,4-5,7-8H2,1H3. The lowest BCUT2D eigenvalue weighted by atomic mass is 10.1. The van der Waals surface area contributed by atoms with Crippen LogP contribution in [0.5, 0.6) is 0 Å². The zero-order chi connectivity index (χ0) is 14.9. The molecule has 110 valence electrons. The van der Waals surface area contributed by atoms with Crippen molar-refractivity contribution in [1.29, 1.82) is 0 Å². The first-order valence-corrected chi connectivity index (χ1v) is 7.66. The second-order valence-electron chi connectivity index (χ2n) is 4.91. The smallest absolute Gasteiger partial charge is 0.270 e. The summed E-state index contributed by atoms with van der Waals surface area (Å²) in [6.07, 6.45) is 0.601. The number of aliphatic hydroxyl groups excluding tert-OH is 1. The molecular weight excluding hydrogens is 284 g/mol. The summed E-state index contributed by atoms with van der Waals surface area (Å²) in [4.78, 5) is 10.1. The third-order valence-electron chi connectivity index (χ3n) is 3.51. The van der Waals surface area contributed by atoms with Gasteiger partial charge in [0.25, 0.3) is 5.69 Å². The van der Waals surface area contributed by atoms with E-state index in [1.807, 2.05) is 0 Å². The van der Waals surface area contributed by atoms with Gasteiger partial charge < -0.3 is 5.11 Å². The van der Waals surface area contributed by atoms with Crippen LogP contribution >= 0.6 is 0 Å². The van der Waals surface area contributed by atoms with E-state index in [4.69, 9.17) is 5.11 Å². The van der Waals surface area contributed by atoms with Crippen LogP contribution in [0.4, 0.5) is 5.69 Å². The van der Waals surface area contributed by atoms with E-state index in [1.54, 1.807) is 6.92 Å². The Hall–Kier alpha value is -1.51. The van der Waals surface area contributed by atoms with Gasteiger partial charge in [0, 0.05) is 31.8 Å². The molecule has 0 radical (unpaired) electrons. The molecule has 0 amide bonds. The number of nitro groups is 1. The first-order valence-electron chi connectivity index (χ1n) is 6.22. The van der Waals surface area contributed by atoms with E-state index in [0.717, 1.165) is 6.07 Å². The molecule has 1 unspecified atom stereocenters. The van der Waals surface area contributed by atoms with E-state index < -0.39 is 14.9 Å². The van der Waals surface area contributed by atoms with Crippen molar-refractivity contribution < 1.29 is 18.4 Å². The van der Waals surface area contributed by atoms with Crippen molar-refractivity contribution in [3.05, 3.63) is 33.9 Å². The van der Waals surface area contributed by atoms with Crippen molar-refractivity contribution in [2.45, 2.75) is 18.2 Å². The maximum atomic E-state index is 12.5. The van der Waals surface area contributed by atoms with Crippen molar-refractivity contribution in [1.82, 2.24) is 4.31 Å². The van der Waals surface area contributed by atoms with Crippen molar-refractivity contribution in [3.8, 4) is 0 Å². The van der Waals surface area contributed by atoms with E-state index in [1.165, 1.54) is 16.4 Å². The van der Waals surface area contributed by atoms with Crippen molar-refractivity contribution in [2.24, 2.45) is 5.92 Å². The summed E-state index contributed by atoms with van der Waals surface area (Å²) in [6, 6.07) is 3.82. The van der Waals surface area contributed by atoms with Gasteiger partial charge in [0.2, 0.25) is 10.0 Å². The predicted molar refractivity (Wildman–Crippen MR) is 71.8 cm³/mol. The fraction of sp³-hybridized carbons (Fsp3) is 0.500. The number of rotatable bonds is 4. The van der Waals surface area contributed by atoms with Crippen LogP contribution in [0, 0.1) is 23.0 Å². The molecule has 7 nitrogen and oxygen atoms in total. The topological polar surface area (TPSA) is 101 Å². The number of hydrogen-bond acceptors (Lipinski definition) is 5. The van der Waals surface area contributed by atoms with Crippen LogP contribution < -0.4 is 0 Å². The van der Waals surface area contributed by atoms with Gasteiger partial charge >= 0.3 is 0 Å². The SMILES string of the molecule is Cc1ccc([N+](=O)[O-])cc1S(=O)(=O)N1CCC(CO)C1. The van der Waals surface area contributed by atoms with Gasteiger partial charge in [0.15, 0.2) is 0 Å². The summed E-state index contributed by atoms with van der Waals surface area (Å²) in [5.74, 6) is -0.0659. The number of nitro benzene ring substituents is 1. The van der Waals surface area contributed by atoms with Crippen molar-refractivity contribution in [2.75, 3.05) is 19.7 Å². The molecule has 1 heterocycles. The monoisotopic (exact) mass is 300 g/mol. The van der Waals surface area contributed by atoms with Crippen molar-refractivity contribution in [3.63, 3.8) is 0 Å². The molecule has 0 spiro atoms. The highest BCUT2D eigenvalue weighted by Crippen LogP contribution is 2.28. The lowest BCUT2D eigenvalue weighted by Crippen LogP contribution is -2.29. The number of benzene rings is 1. The van der Waals surface area contributed by atoms with E-state index >= 15 is 0 Å². The van der Waals surface area contributed by atoms with Gasteiger partial charge in [-0.15, -0.1) is 0 Å². The Bertz CT molecular complexity index is 629. The second kappa shape index (κ2) is 5.47. The number of aryl methyl sites for hydroxylation is 1. The summed E-state index contributed by atoms with van der Waals surface area (Å²) >= 11 is 0. The summed E-state index contributed by atoms with van der Waals surface area (Å²) in [6.45, 7) is 2.13. The van der Waals surface area contributed by atoms with Crippen LogP contribution in [0.2, 0.25) is 0 Å². The average molecular weight is 300 g/mol. The number of aliphatic hydroxyl groups is 1. The summed E-state index contributed by atoms with van der Waals surface area (Å²) in [7, 11) is -3.75. The summed E-state index contributed by atoms with van der Waals surface area (Å²) < 4.78 is 26.3. The highest BCUT2D eigenvalue weighted by molar-refractivity contribution is 7.89. The van der Waals surface area contributed by atoms with Crippen LogP contribution in [0.1, 0.15) is 12.0 Å². The fourth-order valence-electron chi connectivity index (χ4n) is 2.28. The van der Waals surface area contributed by atoms with Gasteiger partial charge in [-0.25, -0.2) is 8.42 Å². The predicted octanol–water partition coefficient (Wildman–Crippen LogP) is 0.906. The number of sulfonamides is 1. The lowest BCUT2D eigenvalue weighted by molar-refractivity contribution is -0.385. The Labute approximate surface area is 117 Å². The molecule has 1 aromatic carbocycles. The minimum Gasteiger partial charge on any atom is -0.396 e. The molecular formula is C12H16N2O5S. The maximum absolute atomic E-state index is 12.5. The molecule has 20 heavy (non-hydrogen) atoms. The first kappa shape index (κ1) is 14.9. The Balaban J connectivity index is 2.39. The normalized spacial score (nSPS) is 20.2. The van der Waals surface area contributed by atoms with Crippen LogP contribution in [0.15, 0.2) is 23.1 Å². The molecule has 0 saturated carbocycles. The van der Waals surface area contributed by atoms with Gasteiger partial charge in [0.05, 0.1) is 9.82 Å². The van der Waals surface area contributed by atoms with Crippen LogP contribution in [-0.4, -0.2) is 42.4 Å². The molecule has 0 aliphatic carbocycles. The Morgan fingerprint density at radius 1 is 1.50 bits per heavy atom. The van der Waals surface area contributed by atoms with Gasteiger partial charge in [-0.2, -0.15) is 4.31 Å². The number of nitrogens with zero attached hydrogens (tertiary/aromatic N) is 2. The molecule has 0 aromatic heterocycles. The Kier molecular flexibility index (Phi) is 4.07. The molecule has 1 aliphatic rings. The number of non-ortho nitro benzene ring substituents is 1. The number of hydrogen-bond donors (Lipinski definition) is 1. The molecule has 0 bridgehead atoms. The van der Waals surface area contributed by atoms with Gasteiger partial charge in [0.1, 0.15) is 0 Å². The van der Waals surface area contributed by atoms with Gasteiger partial charge in [-0.3, -0.25) is 10.1 Å². The molecule has 1 N–H and O–H groups in total. The second-order valence-corrected chi connectivity index (χ2v) is 6.81. The summed E-state index contributed by atoms with van der Waals surface area (Å²) in [5.41, 5.74) is 0.232. The zero-order valence-electron chi connectivity index (χ0n) is 11.0. The molecule has 2 rings (SSSR count). The quantitative estimate of drug-likeness (QED) is 0.658. The molecule has 1 aromatic rings. The molecule has 8 heteroatoms. The highest BCUT2D eigenvalue weighted by atomic mass is 32.2.